The van der Waals surface area contributed by atoms with E-state index in [4.69, 9.17) is 0 Å². The fraction of sp³-hybridized carbons (Fsp3) is 0.312. The Morgan fingerprint density at radius 2 is 2.00 bits per heavy atom. The van der Waals surface area contributed by atoms with Crippen LogP contribution in [0.2, 0.25) is 0 Å². The van der Waals surface area contributed by atoms with Crippen molar-refractivity contribution >= 4 is 0 Å². The van der Waals surface area contributed by atoms with E-state index < -0.39 is 11.6 Å². The van der Waals surface area contributed by atoms with E-state index in [1.807, 2.05) is 12.1 Å². The Hall–Kier alpha value is -1.12. The summed E-state index contributed by atoms with van der Waals surface area (Å²) in [4.78, 5) is 4.13. The summed E-state index contributed by atoms with van der Waals surface area (Å²) in [7, 11) is 0. The molecule has 0 amide bonds. The van der Waals surface area contributed by atoms with Gasteiger partial charge in [-0.3, -0.25) is 8.78 Å². The molecule has 0 unspecified atom stereocenters. The van der Waals surface area contributed by atoms with Gasteiger partial charge >= 0.3 is 0 Å². The summed E-state index contributed by atoms with van der Waals surface area (Å²) >= 11 is 0. The molecular weight excluding hydrogens is 436 g/mol. The molecule has 0 N–H and O–H groups in total. The van der Waals surface area contributed by atoms with Crippen molar-refractivity contribution in [3.63, 3.8) is 0 Å². The zero-order valence-electron chi connectivity index (χ0n) is 11.3. The number of hydrogen-bond acceptors (Lipinski definition) is 1. The van der Waals surface area contributed by atoms with Gasteiger partial charge in [-0.2, -0.15) is 0 Å². The van der Waals surface area contributed by atoms with Crippen LogP contribution < -0.4 is 0 Å². The standard InChI is InChI=1S/C16H16F2N.Ir/c1-2-3-4-5-12-8-9-19-16(10-12)14-7-6-13(17)11-15(14)18;/h6,8-11H,2-5H2,1H3;/q-1;. The minimum absolute atomic E-state index is 0. The summed E-state index contributed by atoms with van der Waals surface area (Å²) in [5.74, 6) is -1.25. The average Bonchev–Trinajstić information content (AvgIpc) is 2.39. The Balaban J connectivity index is 0.00000200. The maximum absolute atomic E-state index is 13.7. The third-order valence-electron chi connectivity index (χ3n) is 3.01. The second kappa shape index (κ2) is 8.23. The van der Waals surface area contributed by atoms with Gasteiger partial charge in [0.25, 0.3) is 0 Å². The van der Waals surface area contributed by atoms with Crippen LogP contribution in [0.3, 0.4) is 0 Å². The molecule has 1 heterocycles. The Bertz CT molecular complexity index is 558. The number of rotatable bonds is 5. The molecule has 20 heavy (non-hydrogen) atoms. The number of halogens is 2. The minimum Gasteiger partial charge on any atom is -0.305 e. The largest absolute Gasteiger partial charge is 0.305 e. The van der Waals surface area contributed by atoms with Crippen molar-refractivity contribution in [2.75, 3.05) is 0 Å². The van der Waals surface area contributed by atoms with Crippen molar-refractivity contribution in [3.05, 3.63) is 53.7 Å². The molecule has 2 aromatic rings. The summed E-state index contributed by atoms with van der Waals surface area (Å²) < 4.78 is 26.5. The van der Waals surface area contributed by atoms with Gasteiger partial charge in [-0.1, -0.05) is 43.0 Å². The molecule has 0 aliphatic rings. The molecular formula is C16H16F2IrN-. The van der Waals surface area contributed by atoms with Crippen molar-refractivity contribution in [2.24, 2.45) is 0 Å². The number of hydrogen-bond donors (Lipinski definition) is 0. The monoisotopic (exact) mass is 453 g/mol. The Morgan fingerprint density at radius 3 is 2.70 bits per heavy atom. The molecule has 1 aromatic heterocycles. The molecule has 0 saturated carbocycles. The van der Waals surface area contributed by atoms with Crippen LogP contribution in [-0.4, -0.2) is 4.98 Å². The van der Waals surface area contributed by atoms with Crippen LogP contribution in [0.25, 0.3) is 11.3 Å². The van der Waals surface area contributed by atoms with E-state index in [-0.39, 0.29) is 25.7 Å². The predicted octanol–water partition coefficient (Wildman–Crippen LogP) is 4.56. The van der Waals surface area contributed by atoms with Crippen LogP contribution in [-0.2, 0) is 26.5 Å². The summed E-state index contributed by atoms with van der Waals surface area (Å²) in [5.41, 5.74) is 1.85. The van der Waals surface area contributed by atoms with E-state index in [2.05, 4.69) is 18.0 Å². The molecule has 0 fully saturated rings. The molecule has 0 atom stereocenters. The molecule has 0 saturated heterocycles. The van der Waals surface area contributed by atoms with Crippen LogP contribution in [0.1, 0.15) is 31.7 Å². The van der Waals surface area contributed by atoms with Gasteiger partial charge in [0.1, 0.15) is 0 Å². The fourth-order valence-corrected chi connectivity index (χ4v) is 1.99. The molecule has 0 aliphatic carbocycles. The van der Waals surface area contributed by atoms with Gasteiger partial charge in [-0.25, -0.2) is 0 Å². The molecule has 0 bridgehead atoms. The smallest absolute Gasteiger partial charge is 0.0408 e. The zero-order chi connectivity index (χ0) is 13.7. The normalized spacial score (nSPS) is 10.2. The van der Waals surface area contributed by atoms with Gasteiger partial charge in [0.05, 0.1) is 0 Å². The van der Waals surface area contributed by atoms with E-state index in [0.717, 1.165) is 37.0 Å². The number of pyridine rings is 1. The minimum atomic E-state index is -0.627. The molecule has 0 spiro atoms. The predicted molar refractivity (Wildman–Crippen MR) is 71.7 cm³/mol. The molecule has 1 radical (unpaired) electrons. The van der Waals surface area contributed by atoms with Crippen molar-refractivity contribution in [1.29, 1.82) is 0 Å². The first-order valence-electron chi connectivity index (χ1n) is 6.52. The van der Waals surface area contributed by atoms with Crippen molar-refractivity contribution in [1.82, 2.24) is 4.98 Å². The van der Waals surface area contributed by atoms with E-state index in [0.29, 0.717) is 5.69 Å². The SMILES string of the molecule is CCCCCc1ccnc(-c2[c-]cc(F)cc2F)c1.[Ir]. The number of unbranched alkanes of at least 4 members (excludes halogenated alkanes) is 2. The third-order valence-corrected chi connectivity index (χ3v) is 3.01. The third kappa shape index (κ3) is 4.46. The summed E-state index contributed by atoms with van der Waals surface area (Å²) in [6.45, 7) is 2.15. The molecule has 1 aromatic carbocycles. The average molecular weight is 453 g/mol. The van der Waals surface area contributed by atoms with Gasteiger partial charge in [0.15, 0.2) is 0 Å². The van der Waals surface area contributed by atoms with Crippen LogP contribution >= 0.6 is 0 Å². The first-order valence-corrected chi connectivity index (χ1v) is 6.52. The molecule has 1 nitrogen and oxygen atoms in total. The van der Waals surface area contributed by atoms with Gasteiger partial charge in [-0.05, 0) is 24.6 Å². The van der Waals surface area contributed by atoms with Gasteiger partial charge in [-0.15, -0.1) is 12.1 Å². The summed E-state index contributed by atoms with van der Waals surface area (Å²) in [6, 6.07) is 8.37. The quantitative estimate of drug-likeness (QED) is 0.479. The van der Waals surface area contributed by atoms with E-state index in [9.17, 15) is 8.78 Å². The van der Waals surface area contributed by atoms with Crippen molar-refractivity contribution < 1.29 is 28.9 Å². The molecule has 2 rings (SSSR count). The second-order valence-corrected chi connectivity index (χ2v) is 4.55. The maximum Gasteiger partial charge on any atom is 0.0408 e. The molecule has 109 valence electrons. The fourth-order valence-electron chi connectivity index (χ4n) is 1.99. The second-order valence-electron chi connectivity index (χ2n) is 4.55. The van der Waals surface area contributed by atoms with Crippen LogP contribution in [0.4, 0.5) is 8.78 Å². The zero-order valence-corrected chi connectivity index (χ0v) is 13.6. The Kier molecular flexibility index (Phi) is 6.97. The van der Waals surface area contributed by atoms with Crippen LogP contribution in [0.15, 0.2) is 30.5 Å². The number of aryl methyl sites for hydroxylation is 1. The first-order chi connectivity index (χ1) is 9.20. The summed E-state index contributed by atoms with van der Waals surface area (Å²) in [6.07, 6.45) is 6.06. The summed E-state index contributed by atoms with van der Waals surface area (Å²) in [5, 5.41) is 0. The maximum atomic E-state index is 13.7. The van der Waals surface area contributed by atoms with Crippen LogP contribution in [0.5, 0.6) is 0 Å². The number of benzene rings is 1. The van der Waals surface area contributed by atoms with Gasteiger partial charge in [0.2, 0.25) is 0 Å². The Labute approximate surface area is 131 Å². The van der Waals surface area contributed by atoms with Crippen molar-refractivity contribution in [3.8, 4) is 11.3 Å². The van der Waals surface area contributed by atoms with Gasteiger partial charge < -0.3 is 4.98 Å². The topological polar surface area (TPSA) is 12.9 Å². The van der Waals surface area contributed by atoms with Crippen LogP contribution in [0, 0.1) is 17.7 Å². The van der Waals surface area contributed by atoms with E-state index in [1.165, 1.54) is 6.42 Å². The molecule has 4 heteroatoms. The molecule has 0 aliphatic heterocycles. The number of nitrogens with zero attached hydrogens (tertiary/aromatic N) is 1. The van der Waals surface area contributed by atoms with Gasteiger partial charge in [0, 0.05) is 37.9 Å². The van der Waals surface area contributed by atoms with E-state index >= 15 is 0 Å². The number of aromatic nitrogens is 1. The first kappa shape index (κ1) is 16.9. The van der Waals surface area contributed by atoms with E-state index in [1.54, 1.807) is 6.20 Å². The Morgan fingerprint density at radius 1 is 1.20 bits per heavy atom. The van der Waals surface area contributed by atoms with Crippen molar-refractivity contribution in [2.45, 2.75) is 32.6 Å².